The van der Waals surface area contributed by atoms with E-state index in [0.29, 0.717) is 0 Å². The molecule has 1 heterocycles. The van der Waals surface area contributed by atoms with Gasteiger partial charge in [-0.15, -0.1) is 0 Å². The first-order valence-electron chi connectivity index (χ1n) is 4.22. The summed E-state index contributed by atoms with van der Waals surface area (Å²) in [5.41, 5.74) is 3.15. The molecule has 0 aliphatic carbocycles. The lowest BCUT2D eigenvalue weighted by Crippen LogP contribution is -1.88. The molecule has 0 bridgehead atoms. The SMILES string of the molecule is COc1c(C)ccc2n[nH]c(C)c12. The first-order chi connectivity index (χ1) is 6.24. The van der Waals surface area contributed by atoms with Crippen LogP contribution in [0.5, 0.6) is 5.75 Å². The second-order valence-corrected chi connectivity index (χ2v) is 3.16. The zero-order chi connectivity index (χ0) is 9.42. The maximum absolute atomic E-state index is 5.34. The van der Waals surface area contributed by atoms with Crippen molar-refractivity contribution in [3.05, 3.63) is 23.4 Å². The lowest BCUT2D eigenvalue weighted by atomic mass is 10.1. The molecule has 13 heavy (non-hydrogen) atoms. The number of aryl methyl sites for hydroxylation is 2. The molecule has 0 fully saturated rings. The Morgan fingerprint density at radius 2 is 2.08 bits per heavy atom. The monoisotopic (exact) mass is 176 g/mol. The quantitative estimate of drug-likeness (QED) is 0.723. The van der Waals surface area contributed by atoms with Crippen LogP contribution in [0.1, 0.15) is 11.3 Å². The number of hydrogen-bond donors (Lipinski definition) is 1. The number of ether oxygens (including phenoxy) is 1. The Bertz CT molecular complexity index is 445. The number of H-pyrrole nitrogens is 1. The minimum absolute atomic E-state index is 0.920. The first kappa shape index (κ1) is 8.10. The van der Waals surface area contributed by atoms with Crippen LogP contribution in [0.3, 0.4) is 0 Å². The topological polar surface area (TPSA) is 37.9 Å². The lowest BCUT2D eigenvalue weighted by molar-refractivity contribution is 0.416. The molecule has 2 rings (SSSR count). The van der Waals surface area contributed by atoms with Crippen molar-refractivity contribution in [2.75, 3.05) is 7.11 Å². The number of nitrogens with one attached hydrogen (secondary N) is 1. The third-order valence-corrected chi connectivity index (χ3v) is 2.26. The molecule has 1 N–H and O–H groups in total. The summed E-state index contributed by atoms with van der Waals surface area (Å²) in [5, 5.41) is 8.20. The van der Waals surface area contributed by atoms with Gasteiger partial charge in [0.25, 0.3) is 0 Å². The van der Waals surface area contributed by atoms with Gasteiger partial charge in [0, 0.05) is 5.69 Å². The zero-order valence-electron chi connectivity index (χ0n) is 8.01. The highest BCUT2D eigenvalue weighted by Gasteiger charge is 2.09. The molecule has 0 saturated carbocycles. The predicted octanol–water partition coefficient (Wildman–Crippen LogP) is 2.19. The van der Waals surface area contributed by atoms with Gasteiger partial charge in [0.2, 0.25) is 0 Å². The number of nitrogens with zero attached hydrogens (tertiary/aromatic N) is 1. The first-order valence-corrected chi connectivity index (χ1v) is 4.22. The summed E-state index contributed by atoms with van der Waals surface area (Å²) in [6.45, 7) is 4.03. The van der Waals surface area contributed by atoms with Crippen molar-refractivity contribution in [1.29, 1.82) is 0 Å². The number of aromatic nitrogens is 2. The Hall–Kier alpha value is -1.51. The third-order valence-electron chi connectivity index (χ3n) is 2.26. The molecule has 3 nitrogen and oxygen atoms in total. The molecule has 1 aromatic heterocycles. The number of rotatable bonds is 1. The van der Waals surface area contributed by atoms with Crippen LogP contribution < -0.4 is 4.74 Å². The van der Waals surface area contributed by atoms with Gasteiger partial charge in [-0.3, -0.25) is 5.10 Å². The fourth-order valence-corrected chi connectivity index (χ4v) is 1.60. The predicted molar refractivity (Wildman–Crippen MR) is 52.1 cm³/mol. The normalized spacial score (nSPS) is 10.7. The van der Waals surface area contributed by atoms with E-state index in [1.807, 2.05) is 26.0 Å². The Morgan fingerprint density at radius 3 is 2.77 bits per heavy atom. The van der Waals surface area contributed by atoms with Crippen molar-refractivity contribution < 1.29 is 4.74 Å². The molecule has 0 aliphatic rings. The molecular weight excluding hydrogens is 164 g/mol. The van der Waals surface area contributed by atoms with E-state index in [1.54, 1.807) is 7.11 Å². The largest absolute Gasteiger partial charge is 0.496 e. The number of methoxy groups -OCH3 is 1. The van der Waals surface area contributed by atoms with E-state index in [-0.39, 0.29) is 0 Å². The molecule has 1 aromatic carbocycles. The van der Waals surface area contributed by atoms with E-state index >= 15 is 0 Å². The van der Waals surface area contributed by atoms with Crippen LogP contribution in [-0.4, -0.2) is 17.3 Å². The highest BCUT2D eigenvalue weighted by Crippen LogP contribution is 2.29. The van der Waals surface area contributed by atoms with E-state index in [0.717, 1.165) is 27.9 Å². The molecule has 3 heteroatoms. The van der Waals surface area contributed by atoms with Crippen LogP contribution in [0.4, 0.5) is 0 Å². The Kier molecular flexibility index (Phi) is 1.72. The van der Waals surface area contributed by atoms with Crippen molar-refractivity contribution in [3.63, 3.8) is 0 Å². The third kappa shape index (κ3) is 1.08. The van der Waals surface area contributed by atoms with Gasteiger partial charge in [-0.25, -0.2) is 0 Å². The van der Waals surface area contributed by atoms with Gasteiger partial charge in [-0.05, 0) is 25.5 Å². The average molecular weight is 176 g/mol. The van der Waals surface area contributed by atoms with Gasteiger partial charge in [-0.1, -0.05) is 6.07 Å². The second kappa shape index (κ2) is 2.76. The number of aromatic amines is 1. The Labute approximate surface area is 76.7 Å². The molecule has 2 aromatic rings. The van der Waals surface area contributed by atoms with Crippen LogP contribution in [0.15, 0.2) is 12.1 Å². The van der Waals surface area contributed by atoms with E-state index in [4.69, 9.17) is 4.74 Å². The van der Waals surface area contributed by atoms with Crippen LogP contribution in [0.2, 0.25) is 0 Å². The molecule has 0 unspecified atom stereocenters. The molecule has 0 aliphatic heterocycles. The van der Waals surface area contributed by atoms with E-state index in [1.165, 1.54) is 0 Å². The van der Waals surface area contributed by atoms with Gasteiger partial charge >= 0.3 is 0 Å². The average Bonchev–Trinajstić information content (AvgIpc) is 2.49. The minimum atomic E-state index is 0.920. The van der Waals surface area contributed by atoms with Crippen LogP contribution >= 0.6 is 0 Å². The fraction of sp³-hybridized carbons (Fsp3) is 0.300. The number of fused-ring (bicyclic) bond motifs is 1. The van der Waals surface area contributed by atoms with Gasteiger partial charge in [0.1, 0.15) is 5.75 Å². The molecule has 0 radical (unpaired) electrons. The van der Waals surface area contributed by atoms with Crippen LogP contribution in [0.25, 0.3) is 10.9 Å². The van der Waals surface area contributed by atoms with Crippen molar-refractivity contribution in [2.45, 2.75) is 13.8 Å². The summed E-state index contributed by atoms with van der Waals surface area (Å²) < 4.78 is 5.34. The van der Waals surface area contributed by atoms with Crippen LogP contribution in [0, 0.1) is 13.8 Å². The maximum atomic E-state index is 5.34. The molecular formula is C10H12N2O. The zero-order valence-corrected chi connectivity index (χ0v) is 8.01. The summed E-state index contributed by atoms with van der Waals surface area (Å²) >= 11 is 0. The van der Waals surface area contributed by atoms with Crippen LogP contribution in [-0.2, 0) is 0 Å². The molecule has 0 amide bonds. The minimum Gasteiger partial charge on any atom is -0.496 e. The van der Waals surface area contributed by atoms with Gasteiger partial charge < -0.3 is 4.74 Å². The number of benzene rings is 1. The smallest absolute Gasteiger partial charge is 0.133 e. The fourth-order valence-electron chi connectivity index (χ4n) is 1.60. The molecule has 68 valence electrons. The van der Waals surface area contributed by atoms with Crippen molar-refractivity contribution >= 4 is 10.9 Å². The number of hydrogen-bond acceptors (Lipinski definition) is 2. The Balaban J connectivity index is 2.88. The summed E-state index contributed by atoms with van der Waals surface area (Å²) in [5.74, 6) is 0.920. The highest BCUT2D eigenvalue weighted by molar-refractivity contribution is 5.88. The van der Waals surface area contributed by atoms with Gasteiger partial charge in [-0.2, -0.15) is 5.10 Å². The highest BCUT2D eigenvalue weighted by atomic mass is 16.5. The van der Waals surface area contributed by atoms with E-state index < -0.39 is 0 Å². The maximum Gasteiger partial charge on any atom is 0.133 e. The molecule has 0 atom stereocenters. The van der Waals surface area contributed by atoms with Crippen molar-refractivity contribution in [2.24, 2.45) is 0 Å². The summed E-state index contributed by atoms with van der Waals surface area (Å²) in [6.07, 6.45) is 0. The van der Waals surface area contributed by atoms with Gasteiger partial charge in [0.05, 0.1) is 18.0 Å². The second-order valence-electron chi connectivity index (χ2n) is 3.16. The van der Waals surface area contributed by atoms with Crippen molar-refractivity contribution in [3.8, 4) is 5.75 Å². The summed E-state index contributed by atoms with van der Waals surface area (Å²) in [6, 6.07) is 4.01. The molecule has 0 spiro atoms. The van der Waals surface area contributed by atoms with E-state index in [9.17, 15) is 0 Å². The molecule has 0 saturated heterocycles. The Morgan fingerprint density at radius 1 is 1.31 bits per heavy atom. The summed E-state index contributed by atoms with van der Waals surface area (Å²) in [4.78, 5) is 0. The standard InChI is InChI=1S/C10H12N2O/c1-6-4-5-8-9(10(6)13-3)7(2)11-12-8/h4-5H,1-3H3,(H,11,12). The van der Waals surface area contributed by atoms with E-state index in [2.05, 4.69) is 10.2 Å². The summed E-state index contributed by atoms with van der Waals surface area (Å²) in [7, 11) is 1.69. The van der Waals surface area contributed by atoms with Gasteiger partial charge in [0.15, 0.2) is 0 Å². The lowest BCUT2D eigenvalue weighted by Gasteiger charge is -2.05. The van der Waals surface area contributed by atoms with Crippen molar-refractivity contribution in [1.82, 2.24) is 10.2 Å².